The number of carbonyl (C=O) groups is 2. The molecule has 0 saturated heterocycles. The van der Waals surface area contributed by atoms with E-state index in [-0.39, 0.29) is 28.9 Å². The van der Waals surface area contributed by atoms with Gasteiger partial charge in [-0.3, -0.25) is 9.59 Å². The molecule has 0 aliphatic heterocycles. The van der Waals surface area contributed by atoms with Gasteiger partial charge in [0.2, 0.25) is 0 Å². The summed E-state index contributed by atoms with van der Waals surface area (Å²) >= 11 is 0. The van der Waals surface area contributed by atoms with Crippen LogP contribution < -0.4 is 27.8 Å². The lowest BCUT2D eigenvalue weighted by Gasteiger charge is -2.22. The van der Waals surface area contributed by atoms with E-state index in [9.17, 15) is 9.59 Å². The summed E-state index contributed by atoms with van der Waals surface area (Å²) in [7, 11) is 0. The van der Waals surface area contributed by atoms with Gasteiger partial charge < -0.3 is 32.7 Å². The highest BCUT2D eigenvalue weighted by Gasteiger charge is 2.25. The van der Waals surface area contributed by atoms with E-state index in [1.807, 2.05) is 13.8 Å². The minimum atomic E-state index is -0.713. The molecule has 0 aromatic carbocycles. The Hall–Kier alpha value is -2.46. The van der Waals surface area contributed by atoms with Crippen molar-refractivity contribution in [3.05, 3.63) is 11.4 Å². The molecule has 0 atom stereocenters. The van der Waals surface area contributed by atoms with E-state index >= 15 is 0 Å². The Morgan fingerprint density at radius 1 is 0.923 bits per heavy atom. The van der Waals surface area contributed by atoms with E-state index in [1.165, 1.54) is 4.90 Å². The summed E-state index contributed by atoms with van der Waals surface area (Å²) in [5.74, 6) is -0.630. The van der Waals surface area contributed by atoms with Gasteiger partial charge in [-0.1, -0.05) is 13.8 Å². The van der Waals surface area contributed by atoms with Crippen molar-refractivity contribution in [2.45, 2.75) is 26.7 Å². The molecule has 10 nitrogen and oxygen atoms in total. The number of amides is 2. The van der Waals surface area contributed by atoms with Gasteiger partial charge in [-0.05, 0) is 12.8 Å². The molecule has 1 aromatic heterocycles. The molecule has 146 valence electrons. The van der Waals surface area contributed by atoms with Crippen molar-refractivity contribution in [2.75, 3.05) is 49.9 Å². The predicted molar refractivity (Wildman–Crippen MR) is 102 cm³/mol. The fourth-order valence-corrected chi connectivity index (χ4v) is 2.27. The number of aromatic nitrogens is 2. The molecule has 0 bridgehead atoms. The van der Waals surface area contributed by atoms with Crippen molar-refractivity contribution >= 4 is 23.5 Å². The Bertz CT molecular complexity index is 602. The lowest BCUT2D eigenvalue weighted by molar-refractivity contribution is 0.0759. The van der Waals surface area contributed by atoms with E-state index < -0.39 is 5.91 Å². The summed E-state index contributed by atoms with van der Waals surface area (Å²) in [6.45, 7) is 6.39. The molecule has 0 aliphatic carbocycles. The van der Waals surface area contributed by atoms with Crippen LogP contribution in [0.25, 0.3) is 0 Å². The van der Waals surface area contributed by atoms with Crippen LogP contribution in [-0.2, 0) is 0 Å². The number of nitrogens with one attached hydrogen (secondary N) is 2. The average molecular weight is 366 g/mol. The van der Waals surface area contributed by atoms with Crippen molar-refractivity contribution in [1.82, 2.24) is 14.9 Å². The standard InChI is InChI=1S/C16H30N8O2/c1-3-7-20-14-11(13(19)25)22-15(21-8-4-2)12(23-14)16(26)24(9-5-17)10-6-18/h3-10,17-18H2,1-2H3,(H2,19,25)(H,20,23)(H,21,22). The van der Waals surface area contributed by atoms with Crippen LogP contribution in [0.15, 0.2) is 0 Å². The van der Waals surface area contributed by atoms with Gasteiger partial charge in [-0.15, -0.1) is 0 Å². The molecular weight excluding hydrogens is 336 g/mol. The Morgan fingerprint density at radius 3 is 1.81 bits per heavy atom. The Labute approximate surface area is 153 Å². The van der Waals surface area contributed by atoms with Crippen molar-refractivity contribution in [3.63, 3.8) is 0 Å². The second-order valence-electron chi connectivity index (χ2n) is 5.71. The zero-order chi connectivity index (χ0) is 19.5. The number of rotatable bonds is 12. The minimum absolute atomic E-state index is 0.00203. The second kappa shape index (κ2) is 11.2. The third-order valence-corrected chi connectivity index (χ3v) is 3.50. The number of hydrogen-bond donors (Lipinski definition) is 5. The molecule has 0 fully saturated rings. The van der Waals surface area contributed by atoms with E-state index in [0.29, 0.717) is 39.3 Å². The molecule has 26 heavy (non-hydrogen) atoms. The SMILES string of the molecule is CCCNc1nc(C(=O)N(CCN)CCN)c(NCCC)nc1C(N)=O. The van der Waals surface area contributed by atoms with Gasteiger partial charge in [0.15, 0.2) is 23.0 Å². The maximum Gasteiger partial charge on any atom is 0.276 e. The Morgan fingerprint density at radius 2 is 1.38 bits per heavy atom. The first-order valence-corrected chi connectivity index (χ1v) is 8.89. The Balaban J connectivity index is 3.38. The zero-order valence-corrected chi connectivity index (χ0v) is 15.5. The zero-order valence-electron chi connectivity index (χ0n) is 15.5. The van der Waals surface area contributed by atoms with Gasteiger partial charge in [0, 0.05) is 39.3 Å². The molecule has 1 aromatic rings. The van der Waals surface area contributed by atoms with Crippen molar-refractivity contribution in [1.29, 1.82) is 0 Å². The summed E-state index contributed by atoms with van der Waals surface area (Å²) < 4.78 is 0. The van der Waals surface area contributed by atoms with Crippen LogP contribution in [0.2, 0.25) is 0 Å². The molecule has 10 heteroatoms. The number of hydrogen-bond acceptors (Lipinski definition) is 8. The van der Waals surface area contributed by atoms with E-state index in [2.05, 4.69) is 20.6 Å². The van der Waals surface area contributed by atoms with Crippen molar-refractivity contribution < 1.29 is 9.59 Å². The topological polar surface area (TPSA) is 165 Å². The van der Waals surface area contributed by atoms with Crippen LogP contribution in [0, 0.1) is 0 Å². The first-order valence-electron chi connectivity index (χ1n) is 8.89. The molecule has 0 spiro atoms. The predicted octanol–water partition coefficient (Wildman–Crippen LogP) is -0.421. The van der Waals surface area contributed by atoms with E-state index in [4.69, 9.17) is 17.2 Å². The van der Waals surface area contributed by atoms with Gasteiger partial charge in [-0.25, -0.2) is 9.97 Å². The van der Waals surface area contributed by atoms with Crippen LogP contribution in [-0.4, -0.2) is 66.0 Å². The number of carbonyl (C=O) groups excluding carboxylic acids is 2. The van der Waals surface area contributed by atoms with Gasteiger partial charge >= 0.3 is 0 Å². The lowest BCUT2D eigenvalue weighted by Crippen LogP contribution is -2.40. The lowest BCUT2D eigenvalue weighted by atomic mass is 10.2. The van der Waals surface area contributed by atoms with Crippen LogP contribution in [0.3, 0.4) is 0 Å². The molecule has 1 rings (SSSR count). The fourth-order valence-electron chi connectivity index (χ4n) is 2.27. The highest BCUT2D eigenvalue weighted by atomic mass is 16.2. The van der Waals surface area contributed by atoms with E-state index in [1.54, 1.807) is 0 Å². The molecule has 0 unspecified atom stereocenters. The quantitative estimate of drug-likeness (QED) is 0.332. The molecule has 1 heterocycles. The van der Waals surface area contributed by atoms with Crippen LogP contribution in [0.4, 0.5) is 11.6 Å². The normalized spacial score (nSPS) is 10.5. The summed E-state index contributed by atoms with van der Waals surface area (Å²) in [5.41, 5.74) is 16.7. The van der Waals surface area contributed by atoms with Gasteiger partial charge in [0.25, 0.3) is 11.8 Å². The third kappa shape index (κ3) is 5.81. The van der Waals surface area contributed by atoms with Crippen molar-refractivity contribution in [2.24, 2.45) is 17.2 Å². The maximum absolute atomic E-state index is 12.9. The van der Waals surface area contributed by atoms with Crippen LogP contribution in [0.1, 0.15) is 47.7 Å². The Kier molecular flexibility index (Phi) is 9.31. The summed E-state index contributed by atoms with van der Waals surface area (Å²) in [5, 5.41) is 6.05. The van der Waals surface area contributed by atoms with Crippen molar-refractivity contribution in [3.8, 4) is 0 Å². The molecule has 8 N–H and O–H groups in total. The van der Waals surface area contributed by atoms with Gasteiger partial charge in [0.05, 0.1) is 0 Å². The molecule has 0 saturated carbocycles. The number of nitrogens with two attached hydrogens (primary N) is 3. The van der Waals surface area contributed by atoms with E-state index in [0.717, 1.165) is 12.8 Å². The largest absolute Gasteiger partial charge is 0.368 e. The van der Waals surface area contributed by atoms with Crippen LogP contribution in [0.5, 0.6) is 0 Å². The number of primary amides is 1. The first-order chi connectivity index (χ1) is 12.5. The number of nitrogens with zero attached hydrogens (tertiary/aromatic N) is 3. The molecule has 0 radical (unpaired) electrons. The smallest absolute Gasteiger partial charge is 0.276 e. The third-order valence-electron chi connectivity index (χ3n) is 3.50. The fraction of sp³-hybridized carbons (Fsp3) is 0.625. The second-order valence-corrected chi connectivity index (χ2v) is 5.71. The first kappa shape index (κ1) is 21.6. The maximum atomic E-state index is 12.9. The average Bonchev–Trinajstić information content (AvgIpc) is 2.63. The summed E-state index contributed by atoms with van der Waals surface area (Å²) in [6.07, 6.45) is 1.62. The van der Waals surface area contributed by atoms with Gasteiger partial charge in [0.1, 0.15) is 0 Å². The number of anilines is 2. The van der Waals surface area contributed by atoms with Gasteiger partial charge in [-0.2, -0.15) is 0 Å². The minimum Gasteiger partial charge on any atom is -0.368 e. The van der Waals surface area contributed by atoms with Crippen LogP contribution >= 0.6 is 0 Å². The summed E-state index contributed by atoms with van der Waals surface area (Å²) in [6, 6.07) is 0. The molecular formula is C16H30N8O2. The molecule has 0 aliphatic rings. The monoisotopic (exact) mass is 366 g/mol. The summed E-state index contributed by atoms with van der Waals surface area (Å²) in [4.78, 5) is 34.8. The molecule has 2 amide bonds. The highest BCUT2D eigenvalue weighted by Crippen LogP contribution is 2.20. The highest BCUT2D eigenvalue weighted by molar-refractivity contribution is 6.01.